The molecule has 1 saturated carbocycles. The van der Waals surface area contributed by atoms with E-state index in [2.05, 4.69) is 10.6 Å². The van der Waals surface area contributed by atoms with E-state index in [1.54, 1.807) is 20.8 Å². The van der Waals surface area contributed by atoms with Crippen LogP contribution in [0.3, 0.4) is 0 Å². The summed E-state index contributed by atoms with van der Waals surface area (Å²) in [7, 11) is 1.27. The highest BCUT2D eigenvalue weighted by Gasteiger charge is 2.50. The third-order valence-corrected chi connectivity index (χ3v) is 7.63. The number of piperidine rings is 1. The van der Waals surface area contributed by atoms with Gasteiger partial charge in [-0.25, -0.2) is 9.59 Å². The number of nitrogens with zero attached hydrogens (tertiary/aromatic N) is 1. The molecular weight excluding hydrogens is 450 g/mol. The lowest BCUT2D eigenvalue weighted by Crippen LogP contribution is -2.55. The highest BCUT2D eigenvalue weighted by molar-refractivity contribution is 5.91. The van der Waals surface area contributed by atoms with Gasteiger partial charge in [0.2, 0.25) is 11.8 Å². The molecule has 3 rings (SSSR count). The Balaban J connectivity index is 1.76. The van der Waals surface area contributed by atoms with Crippen molar-refractivity contribution in [1.29, 1.82) is 0 Å². The maximum atomic E-state index is 13.5. The number of methoxy groups -OCH3 is 1. The van der Waals surface area contributed by atoms with Gasteiger partial charge in [0.1, 0.15) is 17.7 Å². The van der Waals surface area contributed by atoms with Gasteiger partial charge < -0.3 is 20.1 Å². The summed E-state index contributed by atoms with van der Waals surface area (Å²) in [6.45, 7) is 9.81. The van der Waals surface area contributed by atoms with Crippen molar-refractivity contribution in [2.45, 2.75) is 116 Å². The zero-order valence-corrected chi connectivity index (χ0v) is 22.2. The Morgan fingerprint density at radius 2 is 1.80 bits per heavy atom. The maximum Gasteiger partial charge on any atom is 0.410 e. The van der Waals surface area contributed by atoms with Crippen molar-refractivity contribution in [1.82, 2.24) is 15.5 Å². The molecule has 0 aromatic rings. The number of hydrogen-bond donors (Lipinski definition) is 2. The molecule has 3 amide bonds. The molecule has 2 aliphatic heterocycles. The first kappa shape index (κ1) is 27.3. The van der Waals surface area contributed by atoms with Crippen LogP contribution in [0.2, 0.25) is 0 Å². The third kappa shape index (κ3) is 6.88. The molecule has 0 aromatic heterocycles. The van der Waals surface area contributed by atoms with Crippen molar-refractivity contribution in [3.63, 3.8) is 0 Å². The smallest absolute Gasteiger partial charge is 0.410 e. The summed E-state index contributed by atoms with van der Waals surface area (Å²) in [5.41, 5.74) is -1.08. The summed E-state index contributed by atoms with van der Waals surface area (Å²) < 4.78 is 10.6. The SMILES string of the molecule is COC(=O)[C@H](CC1CCC(C)(C)NC1=O)NC(=O)C1CC2(CCCCC2)CN1C(=O)OC(C)(C)C. The largest absolute Gasteiger partial charge is 0.467 e. The summed E-state index contributed by atoms with van der Waals surface area (Å²) >= 11 is 0. The number of likely N-dealkylation sites (tertiary alicyclic amines) is 1. The number of ether oxygens (including phenoxy) is 2. The average molecular weight is 494 g/mol. The predicted octanol–water partition coefficient (Wildman–Crippen LogP) is 3.30. The van der Waals surface area contributed by atoms with Crippen LogP contribution in [0, 0.1) is 11.3 Å². The minimum absolute atomic E-state index is 0.104. The second kappa shape index (κ2) is 10.3. The second-order valence-corrected chi connectivity index (χ2v) is 12.3. The molecule has 2 unspecified atom stereocenters. The Labute approximate surface area is 209 Å². The fraction of sp³-hybridized carbons (Fsp3) is 0.846. The van der Waals surface area contributed by atoms with E-state index in [1.165, 1.54) is 12.0 Å². The van der Waals surface area contributed by atoms with Gasteiger partial charge in [0, 0.05) is 18.0 Å². The molecule has 198 valence electrons. The van der Waals surface area contributed by atoms with Gasteiger partial charge in [-0.1, -0.05) is 19.3 Å². The fourth-order valence-corrected chi connectivity index (χ4v) is 5.76. The third-order valence-electron chi connectivity index (χ3n) is 7.63. The van der Waals surface area contributed by atoms with E-state index in [4.69, 9.17) is 9.47 Å². The molecule has 9 nitrogen and oxygen atoms in total. The van der Waals surface area contributed by atoms with Crippen LogP contribution in [-0.4, -0.2) is 65.7 Å². The lowest BCUT2D eigenvalue weighted by molar-refractivity contribution is -0.146. The summed E-state index contributed by atoms with van der Waals surface area (Å²) in [5.74, 6) is -1.51. The number of carbonyl (C=O) groups excluding carboxylic acids is 4. The van der Waals surface area contributed by atoms with E-state index in [0.717, 1.165) is 38.5 Å². The van der Waals surface area contributed by atoms with Gasteiger partial charge in [-0.3, -0.25) is 14.5 Å². The highest BCUT2D eigenvalue weighted by Crippen LogP contribution is 2.46. The number of rotatable bonds is 5. The van der Waals surface area contributed by atoms with Crippen LogP contribution in [0.15, 0.2) is 0 Å². The molecule has 9 heteroatoms. The first-order valence-electron chi connectivity index (χ1n) is 12.9. The van der Waals surface area contributed by atoms with Gasteiger partial charge in [-0.05, 0) is 78.6 Å². The second-order valence-electron chi connectivity index (χ2n) is 12.3. The lowest BCUT2D eigenvalue weighted by atomic mass is 9.72. The fourth-order valence-electron chi connectivity index (χ4n) is 5.76. The van der Waals surface area contributed by atoms with Gasteiger partial charge in [-0.2, -0.15) is 0 Å². The highest BCUT2D eigenvalue weighted by atomic mass is 16.6. The van der Waals surface area contributed by atoms with E-state index in [9.17, 15) is 19.2 Å². The molecule has 2 saturated heterocycles. The van der Waals surface area contributed by atoms with Crippen molar-refractivity contribution in [3.8, 4) is 0 Å². The molecule has 35 heavy (non-hydrogen) atoms. The van der Waals surface area contributed by atoms with E-state index in [-0.39, 0.29) is 23.3 Å². The molecular formula is C26H43N3O6. The minimum Gasteiger partial charge on any atom is -0.467 e. The zero-order chi connectivity index (χ0) is 26.0. The van der Waals surface area contributed by atoms with Gasteiger partial charge in [0.15, 0.2) is 0 Å². The van der Waals surface area contributed by atoms with Gasteiger partial charge in [0.05, 0.1) is 7.11 Å². The van der Waals surface area contributed by atoms with Crippen molar-refractivity contribution in [2.75, 3.05) is 13.7 Å². The Morgan fingerprint density at radius 3 is 2.37 bits per heavy atom. The van der Waals surface area contributed by atoms with Crippen molar-refractivity contribution >= 4 is 23.9 Å². The predicted molar refractivity (Wildman–Crippen MR) is 130 cm³/mol. The lowest BCUT2D eigenvalue weighted by Gasteiger charge is -2.36. The van der Waals surface area contributed by atoms with E-state index >= 15 is 0 Å². The number of amides is 3. The number of hydrogen-bond acceptors (Lipinski definition) is 6. The monoisotopic (exact) mass is 493 g/mol. The van der Waals surface area contributed by atoms with Crippen molar-refractivity contribution in [2.24, 2.45) is 11.3 Å². The first-order valence-corrected chi connectivity index (χ1v) is 12.9. The van der Waals surface area contributed by atoms with Crippen LogP contribution in [0.1, 0.15) is 92.4 Å². The van der Waals surface area contributed by atoms with Gasteiger partial charge in [0.25, 0.3) is 0 Å². The van der Waals surface area contributed by atoms with Crippen LogP contribution < -0.4 is 10.6 Å². The van der Waals surface area contributed by atoms with E-state index < -0.39 is 41.6 Å². The molecule has 1 spiro atoms. The van der Waals surface area contributed by atoms with Crippen LogP contribution in [0.25, 0.3) is 0 Å². The number of nitrogens with one attached hydrogen (secondary N) is 2. The Kier molecular flexibility index (Phi) is 8.06. The number of esters is 1. The van der Waals surface area contributed by atoms with Gasteiger partial charge >= 0.3 is 12.1 Å². The molecule has 3 fully saturated rings. The quantitative estimate of drug-likeness (QED) is 0.568. The Hall–Kier alpha value is -2.32. The van der Waals surface area contributed by atoms with Crippen LogP contribution >= 0.6 is 0 Å². The molecule has 2 heterocycles. The molecule has 3 atom stereocenters. The first-order chi connectivity index (χ1) is 16.2. The van der Waals surface area contributed by atoms with Crippen LogP contribution in [0.5, 0.6) is 0 Å². The van der Waals surface area contributed by atoms with Crippen LogP contribution in [0.4, 0.5) is 4.79 Å². The van der Waals surface area contributed by atoms with Gasteiger partial charge in [-0.15, -0.1) is 0 Å². The summed E-state index contributed by atoms with van der Waals surface area (Å²) in [5, 5.41) is 5.81. The van der Waals surface area contributed by atoms with Crippen molar-refractivity contribution < 1.29 is 28.7 Å². The molecule has 2 N–H and O–H groups in total. The molecule has 0 bridgehead atoms. The minimum atomic E-state index is -0.965. The molecule has 0 radical (unpaired) electrons. The normalized spacial score (nSPS) is 26.6. The average Bonchev–Trinajstić information content (AvgIpc) is 3.12. The van der Waals surface area contributed by atoms with Crippen LogP contribution in [-0.2, 0) is 23.9 Å². The Bertz CT molecular complexity index is 827. The summed E-state index contributed by atoms with van der Waals surface area (Å²) in [6, 6.07) is -1.69. The zero-order valence-electron chi connectivity index (χ0n) is 22.2. The summed E-state index contributed by atoms with van der Waals surface area (Å²) in [6.07, 6.45) is 6.85. The standard InChI is InChI=1S/C26H43N3O6/c1-24(2,3)35-23(33)29-16-26(11-8-7-9-12-26)15-19(29)21(31)27-18(22(32)34-6)14-17-10-13-25(4,5)28-20(17)30/h17-19H,7-16H2,1-6H3,(H,27,31)(H,28,30)/t17?,18-,19?/m0/s1. The molecule has 1 aliphatic carbocycles. The van der Waals surface area contributed by atoms with E-state index in [0.29, 0.717) is 19.4 Å². The maximum absolute atomic E-state index is 13.5. The number of carbonyl (C=O) groups is 4. The summed E-state index contributed by atoms with van der Waals surface area (Å²) in [4.78, 5) is 53.4. The molecule has 3 aliphatic rings. The topological polar surface area (TPSA) is 114 Å². The van der Waals surface area contributed by atoms with Crippen molar-refractivity contribution in [3.05, 3.63) is 0 Å². The van der Waals surface area contributed by atoms with E-state index in [1.807, 2.05) is 13.8 Å². The molecule has 0 aromatic carbocycles. The Morgan fingerprint density at radius 1 is 1.14 bits per heavy atom.